The van der Waals surface area contributed by atoms with Crippen LogP contribution in [0.3, 0.4) is 0 Å². The highest BCUT2D eigenvalue weighted by Crippen LogP contribution is 2.20. The third kappa shape index (κ3) is 3.37. The molecule has 130 valence electrons. The van der Waals surface area contributed by atoms with E-state index in [1.54, 1.807) is 30.9 Å². The zero-order chi connectivity index (χ0) is 18.0. The molecule has 0 aliphatic carbocycles. The predicted octanol–water partition coefficient (Wildman–Crippen LogP) is 3.97. The number of benzene rings is 2. The van der Waals surface area contributed by atoms with Crippen LogP contribution in [0.15, 0.2) is 88.7 Å². The van der Waals surface area contributed by atoms with Crippen LogP contribution in [0.1, 0.15) is 5.56 Å². The Bertz CT molecular complexity index is 1140. The summed E-state index contributed by atoms with van der Waals surface area (Å²) in [4.78, 5) is 4.59. The van der Waals surface area contributed by atoms with Crippen LogP contribution < -0.4 is 4.72 Å². The van der Waals surface area contributed by atoms with E-state index in [0.717, 1.165) is 27.6 Å². The SMILES string of the molecule is O=S(=O)(NCc1ccc(-c2ccoc2)nc1)c1ccc2ccccc2c1. The molecule has 5 nitrogen and oxygen atoms in total. The first kappa shape index (κ1) is 16.5. The van der Waals surface area contributed by atoms with Gasteiger partial charge in [0.2, 0.25) is 10.0 Å². The van der Waals surface area contributed by atoms with Gasteiger partial charge >= 0.3 is 0 Å². The molecule has 0 amide bonds. The van der Waals surface area contributed by atoms with Gasteiger partial charge in [-0.2, -0.15) is 0 Å². The molecule has 0 spiro atoms. The molecule has 0 saturated heterocycles. The van der Waals surface area contributed by atoms with Crippen molar-refractivity contribution in [2.75, 3.05) is 0 Å². The fraction of sp³-hybridized carbons (Fsp3) is 0.0500. The van der Waals surface area contributed by atoms with E-state index in [1.807, 2.05) is 48.5 Å². The Morgan fingerprint density at radius 2 is 1.81 bits per heavy atom. The number of nitrogens with zero attached hydrogens (tertiary/aromatic N) is 1. The lowest BCUT2D eigenvalue weighted by Crippen LogP contribution is -2.23. The van der Waals surface area contributed by atoms with E-state index in [-0.39, 0.29) is 11.4 Å². The molecule has 2 aromatic carbocycles. The summed E-state index contributed by atoms with van der Waals surface area (Å²) in [5.41, 5.74) is 2.44. The van der Waals surface area contributed by atoms with E-state index in [4.69, 9.17) is 4.42 Å². The van der Waals surface area contributed by atoms with Gasteiger partial charge in [0.25, 0.3) is 0 Å². The van der Waals surface area contributed by atoms with E-state index in [9.17, 15) is 8.42 Å². The van der Waals surface area contributed by atoms with Gasteiger partial charge < -0.3 is 4.42 Å². The van der Waals surface area contributed by atoms with Crippen LogP contribution >= 0.6 is 0 Å². The lowest BCUT2D eigenvalue weighted by atomic mass is 10.1. The lowest BCUT2D eigenvalue weighted by molar-refractivity contribution is 0.568. The standard InChI is InChI=1S/C20H16N2O3S/c23-26(24,19-7-6-16-3-1-2-4-17(16)11-19)22-13-15-5-8-20(21-12-15)18-9-10-25-14-18/h1-12,14,22H,13H2. The van der Waals surface area contributed by atoms with Crippen molar-refractivity contribution in [3.8, 4) is 11.3 Å². The molecule has 0 aliphatic rings. The van der Waals surface area contributed by atoms with Crippen LogP contribution in [-0.4, -0.2) is 13.4 Å². The van der Waals surface area contributed by atoms with Gasteiger partial charge in [-0.05, 0) is 40.6 Å². The van der Waals surface area contributed by atoms with Gasteiger partial charge in [-0.1, -0.05) is 36.4 Å². The molecule has 0 saturated carbocycles. The maximum absolute atomic E-state index is 12.6. The minimum Gasteiger partial charge on any atom is -0.472 e. The summed E-state index contributed by atoms with van der Waals surface area (Å²) in [6.07, 6.45) is 4.86. The van der Waals surface area contributed by atoms with Crippen molar-refractivity contribution < 1.29 is 12.8 Å². The first-order chi connectivity index (χ1) is 12.6. The van der Waals surface area contributed by atoms with Crippen molar-refractivity contribution in [3.05, 3.63) is 85.0 Å². The molecule has 0 unspecified atom stereocenters. The highest BCUT2D eigenvalue weighted by molar-refractivity contribution is 7.89. The summed E-state index contributed by atoms with van der Waals surface area (Å²) in [5, 5.41) is 1.90. The summed E-state index contributed by atoms with van der Waals surface area (Å²) in [6, 6.07) is 18.3. The predicted molar refractivity (Wildman–Crippen MR) is 99.9 cm³/mol. The van der Waals surface area contributed by atoms with E-state index in [0.29, 0.717) is 0 Å². The Balaban J connectivity index is 1.50. The fourth-order valence-corrected chi connectivity index (χ4v) is 3.76. The quantitative estimate of drug-likeness (QED) is 0.581. The second kappa shape index (κ2) is 6.74. The second-order valence-corrected chi connectivity index (χ2v) is 7.66. The molecule has 1 N–H and O–H groups in total. The zero-order valence-electron chi connectivity index (χ0n) is 13.8. The highest BCUT2D eigenvalue weighted by atomic mass is 32.2. The Kier molecular flexibility index (Phi) is 4.28. The summed E-state index contributed by atoms with van der Waals surface area (Å²) < 4.78 is 32.8. The molecule has 2 heterocycles. The molecule has 4 aromatic rings. The Morgan fingerprint density at radius 3 is 2.54 bits per heavy atom. The van der Waals surface area contributed by atoms with Gasteiger partial charge in [0.05, 0.1) is 23.1 Å². The van der Waals surface area contributed by atoms with Crippen molar-refractivity contribution >= 4 is 20.8 Å². The first-order valence-electron chi connectivity index (χ1n) is 8.08. The maximum Gasteiger partial charge on any atom is 0.240 e. The number of furan rings is 1. The van der Waals surface area contributed by atoms with Crippen LogP contribution in [0.4, 0.5) is 0 Å². The molecule has 0 bridgehead atoms. The number of fused-ring (bicyclic) bond motifs is 1. The third-order valence-electron chi connectivity index (χ3n) is 4.14. The number of hydrogen-bond donors (Lipinski definition) is 1. The monoisotopic (exact) mass is 364 g/mol. The summed E-state index contributed by atoms with van der Waals surface area (Å²) in [7, 11) is -3.60. The minimum atomic E-state index is -3.60. The molecule has 2 aromatic heterocycles. The molecule has 26 heavy (non-hydrogen) atoms. The molecular formula is C20H16N2O3S. The Labute approximate surface area is 151 Å². The highest BCUT2D eigenvalue weighted by Gasteiger charge is 2.14. The topological polar surface area (TPSA) is 72.2 Å². The van der Waals surface area contributed by atoms with Gasteiger partial charge in [-0.25, -0.2) is 13.1 Å². The van der Waals surface area contributed by atoms with Crippen LogP contribution in [0.5, 0.6) is 0 Å². The van der Waals surface area contributed by atoms with E-state index in [1.165, 1.54) is 0 Å². The normalized spacial score (nSPS) is 11.7. The van der Waals surface area contributed by atoms with Gasteiger partial charge in [-0.15, -0.1) is 0 Å². The Morgan fingerprint density at radius 1 is 0.962 bits per heavy atom. The number of pyridine rings is 1. The molecular weight excluding hydrogens is 348 g/mol. The number of hydrogen-bond acceptors (Lipinski definition) is 4. The summed E-state index contributed by atoms with van der Waals surface area (Å²) in [5.74, 6) is 0. The zero-order valence-corrected chi connectivity index (χ0v) is 14.6. The van der Waals surface area contributed by atoms with Crippen molar-refractivity contribution in [2.24, 2.45) is 0 Å². The van der Waals surface area contributed by atoms with Crippen LogP contribution in [0.2, 0.25) is 0 Å². The first-order valence-corrected chi connectivity index (χ1v) is 9.56. The lowest BCUT2D eigenvalue weighted by Gasteiger charge is -2.08. The van der Waals surface area contributed by atoms with Crippen molar-refractivity contribution in [1.29, 1.82) is 0 Å². The second-order valence-electron chi connectivity index (χ2n) is 5.90. The van der Waals surface area contributed by atoms with Gasteiger partial charge in [0, 0.05) is 18.3 Å². The maximum atomic E-state index is 12.6. The van der Waals surface area contributed by atoms with E-state index >= 15 is 0 Å². The number of rotatable bonds is 5. The van der Waals surface area contributed by atoms with Gasteiger partial charge in [0.1, 0.15) is 0 Å². The molecule has 0 fully saturated rings. The van der Waals surface area contributed by atoms with Crippen molar-refractivity contribution in [3.63, 3.8) is 0 Å². The third-order valence-corrected chi connectivity index (χ3v) is 5.54. The van der Waals surface area contributed by atoms with Gasteiger partial charge in [0.15, 0.2) is 0 Å². The number of nitrogens with one attached hydrogen (secondary N) is 1. The average molecular weight is 364 g/mol. The van der Waals surface area contributed by atoms with Crippen molar-refractivity contribution in [1.82, 2.24) is 9.71 Å². The number of sulfonamides is 1. The van der Waals surface area contributed by atoms with E-state index < -0.39 is 10.0 Å². The molecule has 0 aliphatic heterocycles. The Hall–Kier alpha value is -2.96. The number of aromatic nitrogens is 1. The molecule has 6 heteroatoms. The molecule has 4 rings (SSSR count). The van der Waals surface area contributed by atoms with Crippen molar-refractivity contribution in [2.45, 2.75) is 11.4 Å². The van der Waals surface area contributed by atoms with Crippen LogP contribution in [0, 0.1) is 0 Å². The van der Waals surface area contributed by atoms with Crippen LogP contribution in [0.25, 0.3) is 22.0 Å². The molecule has 0 radical (unpaired) electrons. The fourth-order valence-electron chi connectivity index (χ4n) is 2.71. The largest absolute Gasteiger partial charge is 0.472 e. The average Bonchev–Trinajstić information content (AvgIpc) is 3.21. The summed E-state index contributed by atoms with van der Waals surface area (Å²) >= 11 is 0. The summed E-state index contributed by atoms with van der Waals surface area (Å²) in [6.45, 7) is 0.174. The van der Waals surface area contributed by atoms with Crippen LogP contribution in [-0.2, 0) is 16.6 Å². The van der Waals surface area contributed by atoms with Gasteiger partial charge in [-0.3, -0.25) is 4.98 Å². The minimum absolute atomic E-state index is 0.174. The molecule has 0 atom stereocenters. The smallest absolute Gasteiger partial charge is 0.240 e. The van der Waals surface area contributed by atoms with E-state index in [2.05, 4.69) is 9.71 Å².